The highest BCUT2D eigenvalue weighted by atomic mass is 32.2. The fourth-order valence-electron chi connectivity index (χ4n) is 4.70. The van der Waals surface area contributed by atoms with Crippen LogP contribution in [0.1, 0.15) is 19.0 Å². The van der Waals surface area contributed by atoms with Gasteiger partial charge < -0.3 is 14.2 Å². The fourth-order valence-corrected chi connectivity index (χ4v) is 5.88. The van der Waals surface area contributed by atoms with Crippen LogP contribution in [-0.4, -0.2) is 55.6 Å². The Morgan fingerprint density at radius 3 is 2.69 bits per heavy atom. The zero-order valence-corrected chi connectivity index (χ0v) is 20.7. The van der Waals surface area contributed by atoms with E-state index in [1.54, 1.807) is 0 Å². The number of nitriles is 1. The molecule has 1 aromatic heterocycles. The van der Waals surface area contributed by atoms with Crippen molar-refractivity contribution in [1.29, 1.82) is 5.26 Å². The number of benzene rings is 2. The van der Waals surface area contributed by atoms with E-state index >= 15 is 4.39 Å². The number of amides is 1. The SMILES string of the molecule is N#Cc1cc(-c2cccc(C(F)(F)F)c2)c(F)cc1N1C(=O)CO[C@H]2CN(S(=O)(=O)Nc3ccon3)CC[C@@H]21.[HH]. The molecule has 0 spiro atoms. The van der Waals surface area contributed by atoms with Crippen LogP contribution >= 0.6 is 0 Å². The van der Waals surface area contributed by atoms with Gasteiger partial charge in [0.1, 0.15) is 24.8 Å². The van der Waals surface area contributed by atoms with E-state index in [0.717, 1.165) is 34.6 Å². The second kappa shape index (κ2) is 9.95. The van der Waals surface area contributed by atoms with Gasteiger partial charge in [0.2, 0.25) is 0 Å². The third-order valence-electron chi connectivity index (χ3n) is 6.49. The van der Waals surface area contributed by atoms with Gasteiger partial charge in [0.25, 0.3) is 5.91 Å². The molecule has 0 bridgehead atoms. The zero-order chi connectivity index (χ0) is 27.9. The maximum atomic E-state index is 15.3. The van der Waals surface area contributed by atoms with Gasteiger partial charge in [0, 0.05) is 26.1 Å². The summed E-state index contributed by atoms with van der Waals surface area (Å²) in [6.45, 7) is -0.629. The molecule has 1 amide bonds. The Hall–Kier alpha value is -4.00. The number of nitrogens with zero attached hydrogens (tertiary/aromatic N) is 4. The first-order valence-electron chi connectivity index (χ1n) is 11.5. The first-order chi connectivity index (χ1) is 18.5. The molecular formula is C24H21F4N5O5S. The van der Waals surface area contributed by atoms with Crippen LogP contribution < -0.4 is 9.62 Å². The smallest absolute Gasteiger partial charge is 0.365 e. The summed E-state index contributed by atoms with van der Waals surface area (Å²) in [5, 5.41) is 13.3. The Morgan fingerprint density at radius 1 is 1.21 bits per heavy atom. The van der Waals surface area contributed by atoms with Gasteiger partial charge in [0.15, 0.2) is 5.82 Å². The number of morpholine rings is 1. The Labute approximate surface area is 221 Å². The van der Waals surface area contributed by atoms with Crippen LogP contribution in [0.5, 0.6) is 0 Å². The second-order valence-corrected chi connectivity index (χ2v) is 10.5. The van der Waals surface area contributed by atoms with Crippen molar-refractivity contribution in [2.24, 2.45) is 0 Å². The maximum Gasteiger partial charge on any atom is 0.416 e. The molecule has 206 valence electrons. The third kappa shape index (κ3) is 5.18. The summed E-state index contributed by atoms with van der Waals surface area (Å²) in [6, 6.07) is 8.56. The number of nitrogens with one attached hydrogen (secondary N) is 1. The number of alkyl halides is 3. The van der Waals surface area contributed by atoms with Crippen molar-refractivity contribution >= 4 is 27.6 Å². The van der Waals surface area contributed by atoms with E-state index in [1.165, 1.54) is 23.3 Å². The van der Waals surface area contributed by atoms with Gasteiger partial charge in [0.05, 0.1) is 29.0 Å². The molecule has 1 N–H and O–H groups in total. The molecule has 3 aromatic rings. The summed E-state index contributed by atoms with van der Waals surface area (Å²) in [6.07, 6.45) is -4.16. The Bertz CT molecular complexity index is 1560. The van der Waals surface area contributed by atoms with Crippen molar-refractivity contribution in [2.45, 2.75) is 24.7 Å². The number of carbonyl (C=O) groups is 1. The lowest BCUT2D eigenvalue weighted by Crippen LogP contribution is -2.62. The molecule has 2 fully saturated rings. The largest absolute Gasteiger partial charge is 0.416 e. The van der Waals surface area contributed by atoms with Crippen LogP contribution in [0, 0.1) is 17.1 Å². The first kappa shape index (κ1) is 26.6. The molecule has 2 aliphatic heterocycles. The molecule has 39 heavy (non-hydrogen) atoms. The van der Waals surface area contributed by atoms with E-state index in [2.05, 4.69) is 14.4 Å². The molecule has 2 aliphatic rings. The molecular weight excluding hydrogens is 546 g/mol. The highest BCUT2D eigenvalue weighted by Gasteiger charge is 2.44. The van der Waals surface area contributed by atoms with Gasteiger partial charge in [-0.2, -0.15) is 31.2 Å². The Balaban J connectivity index is 0.00000370. The second-order valence-electron chi connectivity index (χ2n) is 8.86. The number of ether oxygens (including phenoxy) is 1. The monoisotopic (exact) mass is 567 g/mol. The lowest BCUT2D eigenvalue weighted by molar-refractivity contribution is -0.137. The Morgan fingerprint density at radius 2 is 2.00 bits per heavy atom. The predicted molar refractivity (Wildman–Crippen MR) is 130 cm³/mol. The minimum Gasteiger partial charge on any atom is -0.365 e. The van der Waals surface area contributed by atoms with Crippen LogP contribution in [0.2, 0.25) is 0 Å². The van der Waals surface area contributed by atoms with Gasteiger partial charge in [-0.25, -0.2) is 4.39 Å². The highest BCUT2D eigenvalue weighted by molar-refractivity contribution is 7.90. The lowest BCUT2D eigenvalue weighted by Gasteiger charge is -2.46. The van der Waals surface area contributed by atoms with Crippen LogP contribution in [-0.2, 0) is 25.9 Å². The van der Waals surface area contributed by atoms with Crippen molar-refractivity contribution in [3.8, 4) is 17.2 Å². The number of hydrogen-bond donors (Lipinski definition) is 1. The molecule has 2 atom stereocenters. The van der Waals surface area contributed by atoms with E-state index in [9.17, 15) is 31.6 Å². The molecule has 0 unspecified atom stereocenters. The van der Waals surface area contributed by atoms with Gasteiger partial charge in [-0.15, -0.1) is 0 Å². The topological polar surface area (TPSA) is 129 Å². The highest BCUT2D eigenvalue weighted by Crippen LogP contribution is 2.37. The average molecular weight is 568 g/mol. The van der Waals surface area contributed by atoms with Crippen molar-refractivity contribution in [3.05, 3.63) is 65.7 Å². The Kier molecular flexibility index (Phi) is 6.79. The van der Waals surface area contributed by atoms with Crippen molar-refractivity contribution in [2.75, 3.05) is 29.3 Å². The lowest BCUT2D eigenvalue weighted by atomic mass is 9.95. The molecule has 0 saturated carbocycles. The predicted octanol–water partition coefficient (Wildman–Crippen LogP) is 3.78. The molecule has 10 nitrogen and oxygen atoms in total. The quantitative estimate of drug-likeness (QED) is 0.465. The molecule has 5 rings (SSSR count). The van der Waals surface area contributed by atoms with E-state index in [-0.39, 0.29) is 49.1 Å². The normalized spacial score (nSPS) is 20.4. The number of rotatable bonds is 5. The summed E-state index contributed by atoms with van der Waals surface area (Å²) in [4.78, 5) is 14.1. The van der Waals surface area contributed by atoms with E-state index < -0.39 is 52.4 Å². The summed E-state index contributed by atoms with van der Waals surface area (Å²) < 4.78 is 94.0. The minimum absolute atomic E-state index is 0. The van der Waals surface area contributed by atoms with Crippen molar-refractivity contribution < 1.29 is 41.5 Å². The number of aromatic nitrogens is 1. The van der Waals surface area contributed by atoms with E-state index in [4.69, 9.17) is 4.74 Å². The summed E-state index contributed by atoms with van der Waals surface area (Å²) >= 11 is 0. The van der Waals surface area contributed by atoms with Crippen LogP contribution in [0.4, 0.5) is 29.1 Å². The maximum absolute atomic E-state index is 15.3. The third-order valence-corrected chi connectivity index (χ3v) is 7.96. The van der Waals surface area contributed by atoms with Crippen LogP contribution in [0.25, 0.3) is 11.1 Å². The number of anilines is 2. The van der Waals surface area contributed by atoms with E-state index in [1.807, 2.05) is 6.07 Å². The molecule has 3 heterocycles. The number of halogens is 4. The van der Waals surface area contributed by atoms with Crippen molar-refractivity contribution in [3.63, 3.8) is 0 Å². The summed E-state index contributed by atoms with van der Waals surface area (Å²) in [5.41, 5.74) is -1.52. The van der Waals surface area contributed by atoms with Gasteiger partial charge in [-0.05, 0) is 36.2 Å². The van der Waals surface area contributed by atoms with E-state index in [0.29, 0.717) is 0 Å². The first-order valence-corrected chi connectivity index (χ1v) is 12.9. The molecule has 0 radical (unpaired) electrons. The van der Waals surface area contributed by atoms with Gasteiger partial charge in [-0.1, -0.05) is 17.3 Å². The van der Waals surface area contributed by atoms with Crippen LogP contribution in [0.3, 0.4) is 0 Å². The number of piperidine rings is 1. The summed E-state index contributed by atoms with van der Waals surface area (Å²) in [5.74, 6) is -1.53. The minimum atomic E-state index is -4.65. The molecule has 2 saturated heterocycles. The van der Waals surface area contributed by atoms with Crippen molar-refractivity contribution in [1.82, 2.24) is 9.46 Å². The summed E-state index contributed by atoms with van der Waals surface area (Å²) in [7, 11) is -4.04. The fraction of sp³-hybridized carbons (Fsp3) is 0.292. The molecule has 15 heteroatoms. The standard InChI is InChI=1S/C24H19F4N5O5S.H2/c25-18-10-20(15(11-29)9-17(18)14-2-1-3-16(8-14)24(26,27)28)33-19-4-6-32(12-21(19)37-13-23(33)34)39(35,36)31-22-5-7-38-30-22;/h1-3,5,7-10,19,21H,4,6,12-13H2,(H,30,31);1H/t19-,21-;/m0./s1. The number of carbonyl (C=O) groups excluding carboxylic acids is 1. The van der Waals surface area contributed by atoms with Gasteiger partial charge >= 0.3 is 16.4 Å². The number of hydrogen-bond acceptors (Lipinski definition) is 7. The zero-order valence-electron chi connectivity index (χ0n) is 19.9. The van der Waals surface area contributed by atoms with Crippen LogP contribution in [0.15, 0.2) is 53.3 Å². The molecule has 0 aliphatic carbocycles. The average Bonchev–Trinajstić information content (AvgIpc) is 3.40. The molecule has 2 aromatic carbocycles. The van der Waals surface area contributed by atoms with Gasteiger partial charge in [-0.3, -0.25) is 9.52 Å². The number of fused-ring (bicyclic) bond motifs is 1.